The minimum absolute atomic E-state index is 0.253. The smallest absolute Gasteiger partial charge is 0.343 e. The Labute approximate surface area is 173 Å². The van der Waals surface area contributed by atoms with Crippen molar-refractivity contribution in [2.75, 3.05) is 19.0 Å². The van der Waals surface area contributed by atoms with Crippen molar-refractivity contribution < 1.29 is 14.3 Å². The average molecular weight is 403 g/mol. The third-order valence-electron chi connectivity index (χ3n) is 4.48. The number of nitrogens with zero attached hydrogens (tertiary/aromatic N) is 4. The van der Waals surface area contributed by atoms with Crippen LogP contribution in [-0.2, 0) is 11.3 Å². The molecule has 0 aliphatic carbocycles. The van der Waals surface area contributed by atoms with Crippen LogP contribution in [0.4, 0.5) is 5.95 Å². The van der Waals surface area contributed by atoms with Gasteiger partial charge in [-0.15, -0.1) is 5.10 Å². The lowest BCUT2D eigenvalue weighted by Crippen LogP contribution is -2.12. The molecule has 8 nitrogen and oxygen atoms in total. The van der Waals surface area contributed by atoms with Gasteiger partial charge in [0.15, 0.2) is 11.5 Å². The second kappa shape index (κ2) is 8.60. The zero-order valence-corrected chi connectivity index (χ0v) is 16.7. The summed E-state index contributed by atoms with van der Waals surface area (Å²) in [6.07, 6.45) is 1.46. The van der Waals surface area contributed by atoms with Gasteiger partial charge in [-0.3, -0.25) is 0 Å². The van der Waals surface area contributed by atoms with Crippen molar-refractivity contribution in [1.29, 1.82) is 0 Å². The van der Waals surface area contributed by atoms with Gasteiger partial charge in [-0.1, -0.05) is 42.5 Å². The maximum absolute atomic E-state index is 12.4. The standard InChI is InChI=1S/C22H21N5O3/c1-3-30-21(28)18-14-24-22(23-13-15-8-5-4-6-9-15)27-20(18)25-19(26-27)16-10-7-11-17(12-16)29-2/h4-12,14H,3,13H2,1-2H3,(H,23,24). The Morgan fingerprint density at radius 1 is 1.13 bits per heavy atom. The van der Waals surface area contributed by atoms with E-state index in [1.54, 1.807) is 14.0 Å². The van der Waals surface area contributed by atoms with Crippen molar-refractivity contribution in [3.63, 3.8) is 0 Å². The Morgan fingerprint density at radius 2 is 1.97 bits per heavy atom. The number of rotatable bonds is 7. The maximum Gasteiger partial charge on any atom is 0.343 e. The van der Waals surface area contributed by atoms with Gasteiger partial charge in [-0.25, -0.2) is 14.8 Å². The summed E-state index contributed by atoms with van der Waals surface area (Å²) in [5.41, 5.74) is 2.48. The molecular weight excluding hydrogens is 382 g/mol. The summed E-state index contributed by atoms with van der Waals surface area (Å²) in [6, 6.07) is 17.4. The van der Waals surface area contributed by atoms with Crippen LogP contribution in [0.25, 0.3) is 17.0 Å². The first-order valence-electron chi connectivity index (χ1n) is 9.54. The Hall–Kier alpha value is -3.94. The normalized spacial score (nSPS) is 10.7. The number of ether oxygens (including phenoxy) is 2. The van der Waals surface area contributed by atoms with Gasteiger partial charge in [-0.05, 0) is 24.6 Å². The molecule has 1 N–H and O–H groups in total. The van der Waals surface area contributed by atoms with Gasteiger partial charge in [0.05, 0.1) is 13.7 Å². The van der Waals surface area contributed by atoms with Crippen molar-refractivity contribution in [1.82, 2.24) is 19.6 Å². The van der Waals surface area contributed by atoms with Crippen LogP contribution in [0.15, 0.2) is 60.8 Å². The molecule has 4 aromatic rings. The van der Waals surface area contributed by atoms with E-state index in [4.69, 9.17) is 9.47 Å². The number of anilines is 1. The van der Waals surface area contributed by atoms with E-state index in [1.807, 2.05) is 54.6 Å². The minimum atomic E-state index is -0.491. The first kappa shape index (κ1) is 19.4. The topological polar surface area (TPSA) is 90.6 Å². The van der Waals surface area contributed by atoms with Crippen molar-refractivity contribution in [3.8, 4) is 17.1 Å². The van der Waals surface area contributed by atoms with Crippen LogP contribution in [0.3, 0.4) is 0 Å². The highest BCUT2D eigenvalue weighted by molar-refractivity contribution is 5.96. The molecule has 8 heteroatoms. The molecule has 0 aliphatic heterocycles. The molecule has 0 fully saturated rings. The molecule has 2 heterocycles. The SMILES string of the molecule is CCOC(=O)c1cnc(NCc2ccccc2)n2nc(-c3cccc(OC)c3)nc12. The van der Waals surface area contributed by atoms with Crippen molar-refractivity contribution in [2.24, 2.45) is 0 Å². The number of fused-ring (bicyclic) bond motifs is 1. The number of nitrogens with one attached hydrogen (secondary N) is 1. The lowest BCUT2D eigenvalue weighted by Gasteiger charge is -2.09. The summed E-state index contributed by atoms with van der Waals surface area (Å²) < 4.78 is 12.0. The number of carbonyl (C=O) groups is 1. The van der Waals surface area contributed by atoms with Crippen LogP contribution in [0.5, 0.6) is 5.75 Å². The Balaban J connectivity index is 1.77. The zero-order chi connectivity index (χ0) is 20.9. The molecule has 0 spiro atoms. The van der Waals surface area contributed by atoms with Gasteiger partial charge >= 0.3 is 5.97 Å². The molecule has 0 bridgehead atoms. The molecule has 0 saturated heterocycles. The number of carbonyl (C=O) groups excluding carboxylic acids is 1. The number of methoxy groups -OCH3 is 1. The fraction of sp³-hybridized carbons (Fsp3) is 0.182. The molecule has 2 aromatic heterocycles. The van der Waals surface area contributed by atoms with Crippen LogP contribution in [0, 0.1) is 0 Å². The Morgan fingerprint density at radius 3 is 2.73 bits per heavy atom. The first-order chi connectivity index (χ1) is 14.7. The van der Waals surface area contributed by atoms with Gasteiger partial charge in [0, 0.05) is 18.3 Å². The summed E-state index contributed by atoms with van der Waals surface area (Å²) in [6.45, 7) is 2.57. The molecule has 30 heavy (non-hydrogen) atoms. The van der Waals surface area contributed by atoms with Crippen LogP contribution in [-0.4, -0.2) is 39.3 Å². The van der Waals surface area contributed by atoms with Crippen LogP contribution in [0.2, 0.25) is 0 Å². The second-order valence-electron chi connectivity index (χ2n) is 6.46. The van der Waals surface area contributed by atoms with Crippen molar-refractivity contribution in [3.05, 3.63) is 71.9 Å². The lowest BCUT2D eigenvalue weighted by molar-refractivity contribution is 0.0527. The largest absolute Gasteiger partial charge is 0.497 e. The first-order valence-corrected chi connectivity index (χ1v) is 9.54. The lowest BCUT2D eigenvalue weighted by atomic mass is 10.2. The molecule has 0 amide bonds. The van der Waals surface area contributed by atoms with E-state index < -0.39 is 5.97 Å². The van der Waals surface area contributed by atoms with Crippen LogP contribution in [0.1, 0.15) is 22.8 Å². The summed E-state index contributed by atoms with van der Waals surface area (Å²) in [7, 11) is 1.60. The van der Waals surface area contributed by atoms with E-state index >= 15 is 0 Å². The highest BCUT2D eigenvalue weighted by atomic mass is 16.5. The average Bonchev–Trinajstić information content (AvgIpc) is 3.24. The van der Waals surface area contributed by atoms with Crippen molar-refractivity contribution >= 4 is 17.6 Å². The van der Waals surface area contributed by atoms with E-state index in [0.29, 0.717) is 29.7 Å². The summed E-state index contributed by atoms with van der Waals surface area (Å²) in [4.78, 5) is 21.4. The quantitative estimate of drug-likeness (QED) is 0.472. The maximum atomic E-state index is 12.4. The predicted molar refractivity (Wildman–Crippen MR) is 112 cm³/mol. The Bertz CT molecular complexity index is 1170. The molecule has 0 aliphatic rings. The predicted octanol–water partition coefficient (Wildman–Crippen LogP) is 3.59. The number of benzene rings is 2. The minimum Gasteiger partial charge on any atom is -0.497 e. The molecule has 0 unspecified atom stereocenters. The van der Waals surface area contributed by atoms with Crippen LogP contribution < -0.4 is 10.1 Å². The number of hydrogen-bond donors (Lipinski definition) is 1. The Kier molecular flexibility index (Phi) is 5.56. The fourth-order valence-electron chi connectivity index (χ4n) is 3.01. The molecule has 152 valence electrons. The number of esters is 1. The molecule has 0 atom stereocenters. The molecule has 2 aromatic carbocycles. The fourth-order valence-corrected chi connectivity index (χ4v) is 3.01. The molecule has 4 rings (SSSR count). The number of hydrogen-bond acceptors (Lipinski definition) is 7. The zero-order valence-electron chi connectivity index (χ0n) is 16.7. The third kappa shape index (κ3) is 3.93. The van der Waals surface area contributed by atoms with E-state index in [9.17, 15) is 4.79 Å². The van der Waals surface area contributed by atoms with Gasteiger partial charge in [0.25, 0.3) is 0 Å². The molecular formula is C22H21N5O3. The van der Waals surface area contributed by atoms with E-state index in [-0.39, 0.29) is 12.2 Å². The summed E-state index contributed by atoms with van der Waals surface area (Å²) >= 11 is 0. The molecule has 0 radical (unpaired) electrons. The summed E-state index contributed by atoms with van der Waals surface area (Å²) in [5.74, 6) is 1.13. The van der Waals surface area contributed by atoms with Gasteiger partial charge in [0.1, 0.15) is 11.3 Å². The summed E-state index contributed by atoms with van der Waals surface area (Å²) in [5, 5.41) is 7.85. The van der Waals surface area contributed by atoms with Gasteiger partial charge in [-0.2, -0.15) is 4.52 Å². The van der Waals surface area contributed by atoms with E-state index in [0.717, 1.165) is 11.1 Å². The monoisotopic (exact) mass is 403 g/mol. The van der Waals surface area contributed by atoms with E-state index in [1.165, 1.54) is 10.7 Å². The van der Waals surface area contributed by atoms with Crippen LogP contribution >= 0.6 is 0 Å². The molecule has 0 saturated carbocycles. The highest BCUT2D eigenvalue weighted by Gasteiger charge is 2.20. The third-order valence-corrected chi connectivity index (χ3v) is 4.48. The number of aromatic nitrogens is 4. The highest BCUT2D eigenvalue weighted by Crippen LogP contribution is 2.24. The van der Waals surface area contributed by atoms with Gasteiger partial charge in [0.2, 0.25) is 5.95 Å². The van der Waals surface area contributed by atoms with Gasteiger partial charge < -0.3 is 14.8 Å². The van der Waals surface area contributed by atoms with Crippen molar-refractivity contribution in [2.45, 2.75) is 13.5 Å². The second-order valence-corrected chi connectivity index (χ2v) is 6.46. The van der Waals surface area contributed by atoms with E-state index in [2.05, 4.69) is 20.4 Å².